The van der Waals surface area contributed by atoms with Gasteiger partial charge in [-0.2, -0.15) is 0 Å². The van der Waals surface area contributed by atoms with Crippen LogP contribution in [0.4, 0.5) is 0 Å². The fraction of sp³-hybridized carbons (Fsp3) is 0.333. The maximum absolute atomic E-state index is 11.7. The predicted molar refractivity (Wildman–Crippen MR) is 74.2 cm³/mol. The number of hydrogen-bond acceptors (Lipinski definition) is 3. The van der Waals surface area contributed by atoms with Crippen molar-refractivity contribution in [1.82, 2.24) is 4.98 Å². The van der Waals surface area contributed by atoms with E-state index in [1.54, 1.807) is 6.20 Å². The van der Waals surface area contributed by atoms with Crippen LogP contribution in [0.15, 0.2) is 30.5 Å². The largest absolute Gasteiger partial charge is 0.466 e. The van der Waals surface area contributed by atoms with Gasteiger partial charge >= 0.3 is 5.97 Å². The molecule has 0 N–H and O–H groups in total. The van der Waals surface area contributed by atoms with E-state index < -0.39 is 0 Å². The summed E-state index contributed by atoms with van der Waals surface area (Å²) in [7, 11) is 0. The van der Waals surface area contributed by atoms with Crippen LogP contribution in [-0.2, 0) is 9.53 Å². The van der Waals surface area contributed by atoms with Crippen LogP contribution >= 0.6 is 11.6 Å². The van der Waals surface area contributed by atoms with E-state index in [9.17, 15) is 4.79 Å². The Kier molecular flexibility index (Phi) is 3.15. The van der Waals surface area contributed by atoms with Gasteiger partial charge in [-0.05, 0) is 36.9 Å². The van der Waals surface area contributed by atoms with Crippen molar-refractivity contribution < 1.29 is 9.53 Å². The minimum atomic E-state index is -0.111. The Morgan fingerprint density at radius 3 is 3.11 bits per heavy atom. The molecule has 1 saturated carbocycles. The number of nitrogens with zero attached hydrogens (tertiary/aromatic N) is 1. The van der Waals surface area contributed by atoms with Gasteiger partial charge < -0.3 is 4.74 Å². The Bertz CT molecular complexity index is 641. The van der Waals surface area contributed by atoms with Crippen LogP contribution in [-0.4, -0.2) is 17.6 Å². The minimum Gasteiger partial charge on any atom is -0.466 e. The highest BCUT2D eigenvalue weighted by Crippen LogP contribution is 2.49. The second kappa shape index (κ2) is 4.82. The van der Waals surface area contributed by atoms with Crippen LogP contribution in [0.2, 0.25) is 5.02 Å². The summed E-state index contributed by atoms with van der Waals surface area (Å²) < 4.78 is 5.06. The maximum atomic E-state index is 11.7. The van der Waals surface area contributed by atoms with E-state index in [0.717, 1.165) is 22.9 Å². The molecule has 0 saturated heterocycles. The van der Waals surface area contributed by atoms with Gasteiger partial charge in [-0.3, -0.25) is 9.78 Å². The zero-order valence-electron chi connectivity index (χ0n) is 10.6. The fourth-order valence-corrected chi connectivity index (χ4v) is 2.66. The van der Waals surface area contributed by atoms with Crippen LogP contribution in [0.5, 0.6) is 0 Å². The summed E-state index contributed by atoms with van der Waals surface area (Å²) >= 11 is 5.99. The van der Waals surface area contributed by atoms with Gasteiger partial charge in [0.05, 0.1) is 18.2 Å². The molecule has 1 aromatic heterocycles. The molecular weight excluding hydrogens is 262 g/mol. The number of fused-ring (bicyclic) bond motifs is 1. The molecule has 0 unspecified atom stereocenters. The molecule has 1 fully saturated rings. The Labute approximate surface area is 116 Å². The predicted octanol–water partition coefficient (Wildman–Crippen LogP) is 3.55. The van der Waals surface area contributed by atoms with E-state index in [1.807, 2.05) is 31.2 Å². The molecule has 4 heteroatoms. The lowest BCUT2D eigenvalue weighted by Gasteiger charge is -2.05. The minimum absolute atomic E-state index is 0.0336. The molecule has 1 aliphatic carbocycles. The van der Waals surface area contributed by atoms with Crippen LogP contribution < -0.4 is 0 Å². The average molecular weight is 276 g/mol. The van der Waals surface area contributed by atoms with Crippen molar-refractivity contribution in [3.8, 4) is 0 Å². The number of pyridine rings is 1. The van der Waals surface area contributed by atoms with Gasteiger partial charge in [-0.1, -0.05) is 17.7 Å². The van der Waals surface area contributed by atoms with E-state index in [2.05, 4.69) is 4.98 Å². The monoisotopic (exact) mass is 275 g/mol. The third-order valence-electron chi connectivity index (χ3n) is 3.49. The van der Waals surface area contributed by atoms with E-state index in [-0.39, 0.29) is 17.8 Å². The number of halogens is 1. The van der Waals surface area contributed by atoms with Gasteiger partial charge in [0.15, 0.2) is 0 Å². The Morgan fingerprint density at radius 2 is 2.32 bits per heavy atom. The number of carbonyl (C=O) groups excluding carboxylic acids is 1. The zero-order valence-corrected chi connectivity index (χ0v) is 11.4. The molecule has 0 radical (unpaired) electrons. The summed E-state index contributed by atoms with van der Waals surface area (Å²) in [5.41, 5.74) is 0.979. The van der Waals surface area contributed by atoms with Crippen molar-refractivity contribution in [3.05, 3.63) is 41.2 Å². The van der Waals surface area contributed by atoms with E-state index >= 15 is 0 Å². The van der Waals surface area contributed by atoms with Crippen molar-refractivity contribution in [2.24, 2.45) is 5.92 Å². The highest BCUT2D eigenvalue weighted by atomic mass is 35.5. The van der Waals surface area contributed by atoms with E-state index in [4.69, 9.17) is 16.3 Å². The highest BCUT2D eigenvalue weighted by molar-refractivity contribution is 6.31. The zero-order chi connectivity index (χ0) is 13.4. The number of benzene rings is 1. The van der Waals surface area contributed by atoms with Crippen LogP contribution in [0.25, 0.3) is 10.8 Å². The molecule has 0 spiro atoms. The topological polar surface area (TPSA) is 39.2 Å². The van der Waals surface area contributed by atoms with E-state index in [1.165, 1.54) is 0 Å². The second-order valence-corrected chi connectivity index (χ2v) is 5.20. The molecule has 2 atom stereocenters. The summed E-state index contributed by atoms with van der Waals surface area (Å²) in [5.74, 6) is 0.0397. The Hall–Kier alpha value is -1.61. The molecule has 98 valence electrons. The molecular formula is C15H14ClNO2. The molecule has 3 rings (SSSR count). The number of ether oxygens (including phenoxy) is 1. The summed E-state index contributed by atoms with van der Waals surface area (Å²) in [6.45, 7) is 2.26. The summed E-state index contributed by atoms with van der Waals surface area (Å²) in [6.07, 6.45) is 2.60. The summed E-state index contributed by atoms with van der Waals surface area (Å²) in [4.78, 5) is 16.1. The fourth-order valence-electron chi connectivity index (χ4n) is 2.47. The molecule has 1 aromatic carbocycles. The molecule has 0 aliphatic heterocycles. The molecule has 1 heterocycles. The van der Waals surface area contributed by atoms with Crippen molar-refractivity contribution >= 4 is 28.3 Å². The first kappa shape index (κ1) is 12.4. The van der Waals surface area contributed by atoms with Gasteiger partial charge in [0.25, 0.3) is 0 Å². The number of carbonyl (C=O) groups is 1. The normalized spacial score (nSPS) is 21.4. The third-order valence-corrected chi connectivity index (χ3v) is 3.72. The van der Waals surface area contributed by atoms with Gasteiger partial charge in [-0.15, -0.1) is 0 Å². The average Bonchev–Trinajstić information content (AvgIpc) is 3.18. The number of hydrogen-bond donors (Lipinski definition) is 0. The molecule has 0 bridgehead atoms. The number of esters is 1. The van der Waals surface area contributed by atoms with Gasteiger partial charge in [0.1, 0.15) is 0 Å². The first-order valence-corrected chi connectivity index (χ1v) is 6.79. The van der Waals surface area contributed by atoms with Gasteiger partial charge in [0, 0.05) is 22.5 Å². The van der Waals surface area contributed by atoms with Gasteiger partial charge in [-0.25, -0.2) is 0 Å². The number of aromatic nitrogens is 1. The first-order valence-electron chi connectivity index (χ1n) is 6.41. The molecule has 1 aliphatic rings. The Morgan fingerprint density at radius 1 is 1.47 bits per heavy atom. The van der Waals surface area contributed by atoms with Crippen molar-refractivity contribution in [2.75, 3.05) is 6.61 Å². The smallest absolute Gasteiger partial charge is 0.309 e. The number of rotatable bonds is 3. The van der Waals surface area contributed by atoms with Crippen molar-refractivity contribution in [3.63, 3.8) is 0 Å². The van der Waals surface area contributed by atoms with Crippen molar-refractivity contribution in [2.45, 2.75) is 19.3 Å². The van der Waals surface area contributed by atoms with Crippen LogP contribution in [0.3, 0.4) is 0 Å². The molecule has 19 heavy (non-hydrogen) atoms. The lowest BCUT2D eigenvalue weighted by molar-refractivity contribution is -0.144. The van der Waals surface area contributed by atoms with Crippen LogP contribution in [0.1, 0.15) is 25.0 Å². The quantitative estimate of drug-likeness (QED) is 0.804. The molecule has 2 aromatic rings. The lowest BCUT2D eigenvalue weighted by atomic mass is 10.1. The first-order chi connectivity index (χ1) is 9.20. The highest BCUT2D eigenvalue weighted by Gasteiger charge is 2.46. The van der Waals surface area contributed by atoms with E-state index in [0.29, 0.717) is 11.6 Å². The summed E-state index contributed by atoms with van der Waals surface area (Å²) in [5, 5.41) is 2.85. The third kappa shape index (κ3) is 2.30. The summed E-state index contributed by atoms with van der Waals surface area (Å²) in [6, 6.07) is 7.69. The SMILES string of the molecule is CCOC(=O)[C@@H]1C[C@@H]1c1nccc2cc(Cl)ccc12. The molecule has 3 nitrogen and oxygen atoms in total. The molecule has 0 amide bonds. The van der Waals surface area contributed by atoms with Crippen LogP contribution in [0, 0.1) is 5.92 Å². The second-order valence-electron chi connectivity index (χ2n) is 4.76. The standard InChI is InChI=1S/C15H14ClNO2/c1-2-19-15(18)13-8-12(13)14-11-4-3-10(16)7-9(11)5-6-17-14/h3-7,12-13H,2,8H2,1H3/t12-,13+/m0/s1. The lowest BCUT2D eigenvalue weighted by Crippen LogP contribution is -2.07. The maximum Gasteiger partial charge on any atom is 0.309 e. The Balaban J connectivity index is 1.93. The van der Waals surface area contributed by atoms with Crippen molar-refractivity contribution in [1.29, 1.82) is 0 Å². The van der Waals surface area contributed by atoms with Gasteiger partial charge in [0.2, 0.25) is 0 Å².